The summed E-state index contributed by atoms with van der Waals surface area (Å²) in [6.07, 6.45) is 1.80. The first-order valence-corrected chi connectivity index (χ1v) is 7.42. The van der Waals surface area contributed by atoms with Crippen molar-refractivity contribution < 1.29 is 9.47 Å². The van der Waals surface area contributed by atoms with Crippen LogP contribution in [0.2, 0.25) is 0 Å². The first kappa shape index (κ1) is 14.9. The first-order chi connectivity index (χ1) is 10.6. The molecule has 1 fully saturated rings. The molecule has 1 aliphatic rings. The van der Waals surface area contributed by atoms with Crippen molar-refractivity contribution in [2.75, 3.05) is 31.7 Å². The smallest absolute Gasteiger partial charge is 0.223 e. The Labute approximate surface area is 129 Å². The third-order valence-corrected chi connectivity index (χ3v) is 3.79. The van der Waals surface area contributed by atoms with Gasteiger partial charge in [0.05, 0.1) is 37.3 Å². The molecule has 1 aliphatic heterocycles. The van der Waals surface area contributed by atoms with E-state index in [0.717, 1.165) is 22.6 Å². The molecule has 118 valence electrons. The van der Waals surface area contributed by atoms with E-state index in [1.165, 1.54) is 0 Å². The Balaban J connectivity index is 1.74. The van der Waals surface area contributed by atoms with Crippen molar-refractivity contribution in [3.63, 3.8) is 0 Å². The van der Waals surface area contributed by atoms with Gasteiger partial charge in [0.25, 0.3) is 0 Å². The highest BCUT2D eigenvalue weighted by molar-refractivity contribution is 5.65. The zero-order chi connectivity index (χ0) is 15.5. The van der Waals surface area contributed by atoms with Crippen LogP contribution in [0.15, 0.2) is 12.3 Å². The van der Waals surface area contributed by atoms with Gasteiger partial charge in [0.1, 0.15) is 0 Å². The van der Waals surface area contributed by atoms with E-state index in [9.17, 15) is 0 Å². The van der Waals surface area contributed by atoms with Gasteiger partial charge in [0.2, 0.25) is 5.95 Å². The second kappa shape index (κ2) is 6.41. The molecule has 1 N–H and O–H groups in total. The van der Waals surface area contributed by atoms with Crippen LogP contribution in [0.5, 0.6) is 0 Å². The van der Waals surface area contributed by atoms with Gasteiger partial charge in [-0.3, -0.25) is 4.68 Å². The number of ether oxygens (including phenoxy) is 2. The summed E-state index contributed by atoms with van der Waals surface area (Å²) in [4.78, 5) is 8.86. The predicted octanol–water partition coefficient (Wildman–Crippen LogP) is 1.32. The highest BCUT2D eigenvalue weighted by Gasteiger charge is 2.16. The molecular formula is C15H21N5O2. The van der Waals surface area contributed by atoms with E-state index in [1.807, 2.05) is 31.6 Å². The van der Waals surface area contributed by atoms with Crippen LogP contribution in [0.1, 0.15) is 11.4 Å². The van der Waals surface area contributed by atoms with Gasteiger partial charge in [-0.25, -0.2) is 9.97 Å². The minimum Gasteiger partial charge on any atom is -0.376 e. The molecule has 2 aromatic heterocycles. The van der Waals surface area contributed by atoms with Crippen LogP contribution in [0.25, 0.3) is 11.3 Å². The van der Waals surface area contributed by atoms with E-state index in [4.69, 9.17) is 9.47 Å². The number of nitrogens with zero attached hydrogens (tertiary/aromatic N) is 4. The molecular weight excluding hydrogens is 282 g/mol. The number of anilines is 1. The van der Waals surface area contributed by atoms with Crippen molar-refractivity contribution in [1.82, 2.24) is 19.7 Å². The maximum atomic E-state index is 5.60. The van der Waals surface area contributed by atoms with Gasteiger partial charge in [0.15, 0.2) is 0 Å². The fraction of sp³-hybridized carbons (Fsp3) is 0.533. The van der Waals surface area contributed by atoms with Gasteiger partial charge < -0.3 is 14.8 Å². The van der Waals surface area contributed by atoms with E-state index < -0.39 is 0 Å². The van der Waals surface area contributed by atoms with Gasteiger partial charge >= 0.3 is 0 Å². The van der Waals surface area contributed by atoms with E-state index in [1.54, 1.807) is 6.20 Å². The Morgan fingerprint density at radius 1 is 1.36 bits per heavy atom. The Morgan fingerprint density at radius 3 is 2.91 bits per heavy atom. The lowest BCUT2D eigenvalue weighted by atomic mass is 10.1. The molecule has 0 aromatic carbocycles. The Hall–Kier alpha value is -1.99. The van der Waals surface area contributed by atoms with E-state index in [2.05, 4.69) is 20.4 Å². The molecule has 0 radical (unpaired) electrons. The normalized spacial score (nSPS) is 18.4. The highest BCUT2D eigenvalue weighted by Crippen LogP contribution is 2.24. The molecule has 0 saturated carbocycles. The number of aromatic nitrogens is 4. The minimum absolute atomic E-state index is 0.0443. The predicted molar refractivity (Wildman–Crippen MR) is 82.8 cm³/mol. The van der Waals surface area contributed by atoms with Gasteiger partial charge in [-0.1, -0.05) is 0 Å². The molecule has 3 heterocycles. The number of nitrogens with one attached hydrogen (secondary N) is 1. The molecule has 7 nitrogen and oxygen atoms in total. The molecule has 1 saturated heterocycles. The summed E-state index contributed by atoms with van der Waals surface area (Å²) in [5, 5.41) is 7.65. The maximum Gasteiger partial charge on any atom is 0.223 e. The topological polar surface area (TPSA) is 74.1 Å². The molecule has 0 aliphatic carbocycles. The SMILES string of the molecule is Cc1nn(C)c(C)c1-c1ccnc(NC[C@@H]2COCCO2)n1. The monoisotopic (exact) mass is 303 g/mol. The summed E-state index contributed by atoms with van der Waals surface area (Å²) in [7, 11) is 1.94. The van der Waals surface area contributed by atoms with Crippen LogP contribution < -0.4 is 5.32 Å². The Bertz CT molecular complexity index is 649. The third kappa shape index (κ3) is 3.10. The summed E-state index contributed by atoms with van der Waals surface area (Å²) in [6, 6.07) is 1.91. The number of aryl methyl sites for hydroxylation is 2. The molecule has 1 atom stereocenters. The first-order valence-electron chi connectivity index (χ1n) is 7.42. The summed E-state index contributed by atoms with van der Waals surface area (Å²) in [6.45, 7) is 6.58. The van der Waals surface area contributed by atoms with Gasteiger partial charge in [-0.2, -0.15) is 5.10 Å². The lowest BCUT2D eigenvalue weighted by Crippen LogP contribution is -2.34. The second-order valence-electron chi connectivity index (χ2n) is 5.38. The summed E-state index contributed by atoms with van der Waals surface area (Å²) >= 11 is 0. The summed E-state index contributed by atoms with van der Waals surface area (Å²) in [5.74, 6) is 0.592. The fourth-order valence-electron chi connectivity index (χ4n) is 2.59. The average Bonchev–Trinajstić information content (AvgIpc) is 2.79. The maximum absolute atomic E-state index is 5.60. The molecule has 2 aromatic rings. The largest absolute Gasteiger partial charge is 0.376 e. The average molecular weight is 303 g/mol. The van der Waals surface area contributed by atoms with Crippen LogP contribution in [-0.2, 0) is 16.5 Å². The lowest BCUT2D eigenvalue weighted by Gasteiger charge is -2.23. The molecule has 3 rings (SSSR count). The summed E-state index contributed by atoms with van der Waals surface area (Å²) < 4.78 is 12.8. The fourth-order valence-corrected chi connectivity index (χ4v) is 2.59. The zero-order valence-corrected chi connectivity index (χ0v) is 13.2. The number of hydrogen-bond donors (Lipinski definition) is 1. The standard InChI is InChI=1S/C15H21N5O2/c1-10-14(11(2)20(3)19-10)13-4-5-16-15(18-13)17-8-12-9-21-6-7-22-12/h4-5,12H,6-9H2,1-3H3,(H,16,17,18)/t12-/m1/s1. The van der Waals surface area contributed by atoms with Crippen LogP contribution in [0, 0.1) is 13.8 Å². The van der Waals surface area contributed by atoms with Gasteiger partial charge in [-0.15, -0.1) is 0 Å². The number of rotatable bonds is 4. The highest BCUT2D eigenvalue weighted by atomic mass is 16.6. The number of hydrogen-bond acceptors (Lipinski definition) is 6. The van der Waals surface area contributed by atoms with Gasteiger partial charge in [0, 0.05) is 31.0 Å². The van der Waals surface area contributed by atoms with Crippen molar-refractivity contribution in [3.8, 4) is 11.3 Å². The van der Waals surface area contributed by atoms with Crippen molar-refractivity contribution in [3.05, 3.63) is 23.7 Å². The van der Waals surface area contributed by atoms with Crippen molar-refractivity contribution in [1.29, 1.82) is 0 Å². The van der Waals surface area contributed by atoms with E-state index in [0.29, 0.717) is 32.3 Å². The summed E-state index contributed by atoms with van der Waals surface area (Å²) in [5.41, 5.74) is 3.99. The lowest BCUT2D eigenvalue weighted by molar-refractivity contribution is -0.0819. The second-order valence-corrected chi connectivity index (χ2v) is 5.38. The van der Waals surface area contributed by atoms with Crippen LogP contribution in [-0.4, -0.2) is 52.2 Å². The van der Waals surface area contributed by atoms with E-state index in [-0.39, 0.29) is 6.10 Å². The van der Waals surface area contributed by atoms with Crippen molar-refractivity contribution in [2.24, 2.45) is 7.05 Å². The molecule has 0 unspecified atom stereocenters. The van der Waals surface area contributed by atoms with Crippen molar-refractivity contribution in [2.45, 2.75) is 20.0 Å². The molecule has 0 spiro atoms. The van der Waals surface area contributed by atoms with Crippen LogP contribution in [0.4, 0.5) is 5.95 Å². The Morgan fingerprint density at radius 2 is 2.23 bits per heavy atom. The van der Waals surface area contributed by atoms with Crippen molar-refractivity contribution >= 4 is 5.95 Å². The van der Waals surface area contributed by atoms with Crippen LogP contribution >= 0.6 is 0 Å². The van der Waals surface area contributed by atoms with E-state index >= 15 is 0 Å². The molecule has 22 heavy (non-hydrogen) atoms. The zero-order valence-electron chi connectivity index (χ0n) is 13.2. The quantitative estimate of drug-likeness (QED) is 0.918. The van der Waals surface area contributed by atoms with Crippen LogP contribution in [0.3, 0.4) is 0 Å². The molecule has 0 bridgehead atoms. The molecule has 0 amide bonds. The minimum atomic E-state index is 0.0443. The Kier molecular flexibility index (Phi) is 4.35. The molecule has 7 heteroatoms. The third-order valence-electron chi connectivity index (χ3n) is 3.79. The van der Waals surface area contributed by atoms with Gasteiger partial charge in [-0.05, 0) is 19.9 Å².